The van der Waals surface area contributed by atoms with Gasteiger partial charge in [0.15, 0.2) is 0 Å². The molecule has 14 heavy (non-hydrogen) atoms. The van der Waals surface area contributed by atoms with E-state index in [0.717, 1.165) is 19.6 Å². The van der Waals surface area contributed by atoms with Crippen LogP contribution >= 0.6 is 0 Å². The van der Waals surface area contributed by atoms with Crippen molar-refractivity contribution in [1.82, 2.24) is 5.32 Å². The van der Waals surface area contributed by atoms with Gasteiger partial charge in [0.05, 0.1) is 6.61 Å². The van der Waals surface area contributed by atoms with Gasteiger partial charge in [-0.1, -0.05) is 23.8 Å². The van der Waals surface area contributed by atoms with E-state index in [9.17, 15) is 0 Å². The van der Waals surface area contributed by atoms with Crippen molar-refractivity contribution in [3.63, 3.8) is 0 Å². The van der Waals surface area contributed by atoms with Gasteiger partial charge >= 0.3 is 0 Å². The number of ether oxygens (including phenoxy) is 1. The summed E-state index contributed by atoms with van der Waals surface area (Å²) in [6, 6.07) is 7.18. The number of aryl methyl sites for hydroxylation is 1. The van der Waals surface area contributed by atoms with Crippen LogP contribution in [-0.4, -0.2) is 19.8 Å². The highest BCUT2D eigenvalue weighted by Crippen LogP contribution is 2.18. The summed E-state index contributed by atoms with van der Waals surface area (Å²) in [6.45, 7) is 3.92. The fraction of sp³-hybridized carbons (Fsp3) is 0.500. The van der Waals surface area contributed by atoms with Crippen LogP contribution in [0.3, 0.4) is 0 Å². The molecule has 0 fully saturated rings. The molecule has 2 rings (SSSR count). The first-order valence-electron chi connectivity index (χ1n) is 5.10. The zero-order valence-electron chi connectivity index (χ0n) is 8.84. The maximum Gasteiger partial charge on any atom is 0.0619 e. The molecule has 1 aliphatic heterocycles. The highest BCUT2D eigenvalue weighted by Gasteiger charge is 2.17. The van der Waals surface area contributed by atoms with Gasteiger partial charge in [-0.2, -0.15) is 0 Å². The van der Waals surface area contributed by atoms with E-state index in [1.54, 1.807) is 7.11 Å². The van der Waals surface area contributed by atoms with Crippen molar-refractivity contribution in [3.8, 4) is 0 Å². The minimum Gasteiger partial charge on any atom is -0.383 e. The molecule has 1 aromatic rings. The topological polar surface area (TPSA) is 21.3 Å². The van der Waals surface area contributed by atoms with E-state index in [4.69, 9.17) is 4.74 Å². The molecule has 1 atom stereocenters. The smallest absolute Gasteiger partial charge is 0.0619 e. The first kappa shape index (κ1) is 9.69. The summed E-state index contributed by atoms with van der Waals surface area (Å²) in [5.74, 6) is 0. The second-order valence-electron chi connectivity index (χ2n) is 4.01. The van der Waals surface area contributed by atoms with Gasteiger partial charge < -0.3 is 10.1 Å². The monoisotopic (exact) mass is 191 g/mol. The highest BCUT2D eigenvalue weighted by molar-refractivity contribution is 5.33. The quantitative estimate of drug-likeness (QED) is 0.767. The van der Waals surface area contributed by atoms with E-state index in [1.807, 2.05) is 0 Å². The minimum atomic E-state index is 0.482. The molecule has 0 spiro atoms. The van der Waals surface area contributed by atoms with Crippen LogP contribution < -0.4 is 5.32 Å². The number of rotatable bonds is 2. The first-order chi connectivity index (χ1) is 6.79. The third-order valence-electron chi connectivity index (χ3n) is 2.78. The number of hydrogen-bond donors (Lipinski definition) is 1. The summed E-state index contributed by atoms with van der Waals surface area (Å²) in [6.07, 6.45) is 1.09. The molecule has 0 saturated heterocycles. The summed E-state index contributed by atoms with van der Waals surface area (Å²) < 4.78 is 5.16. The van der Waals surface area contributed by atoms with Crippen molar-refractivity contribution < 1.29 is 4.74 Å². The Kier molecular flexibility index (Phi) is 2.85. The molecule has 1 unspecified atom stereocenters. The molecule has 1 aromatic carbocycles. The lowest BCUT2D eigenvalue weighted by atomic mass is 9.95. The zero-order chi connectivity index (χ0) is 9.97. The van der Waals surface area contributed by atoms with Gasteiger partial charge in [-0.05, 0) is 24.5 Å². The van der Waals surface area contributed by atoms with E-state index in [0.29, 0.717) is 6.04 Å². The fourth-order valence-corrected chi connectivity index (χ4v) is 2.03. The average molecular weight is 191 g/mol. The Balaban J connectivity index is 2.15. The Hall–Kier alpha value is -0.860. The molecular weight excluding hydrogens is 174 g/mol. The van der Waals surface area contributed by atoms with Crippen molar-refractivity contribution in [2.24, 2.45) is 0 Å². The molecule has 1 N–H and O–H groups in total. The van der Waals surface area contributed by atoms with Crippen LogP contribution in [0.5, 0.6) is 0 Å². The normalized spacial score (nSPS) is 20.6. The Morgan fingerprint density at radius 1 is 1.43 bits per heavy atom. The van der Waals surface area contributed by atoms with Crippen LogP contribution in [0.15, 0.2) is 18.2 Å². The molecule has 0 aromatic heterocycles. The highest BCUT2D eigenvalue weighted by atomic mass is 16.5. The third kappa shape index (κ3) is 1.97. The molecule has 0 saturated carbocycles. The van der Waals surface area contributed by atoms with Crippen molar-refractivity contribution in [3.05, 3.63) is 34.9 Å². The lowest BCUT2D eigenvalue weighted by Gasteiger charge is -2.25. The van der Waals surface area contributed by atoms with Gasteiger partial charge in [-0.25, -0.2) is 0 Å². The number of benzene rings is 1. The van der Waals surface area contributed by atoms with E-state index in [1.165, 1.54) is 16.7 Å². The molecule has 0 bridgehead atoms. The number of methoxy groups -OCH3 is 1. The Morgan fingerprint density at radius 3 is 3.07 bits per heavy atom. The van der Waals surface area contributed by atoms with Crippen LogP contribution in [0.25, 0.3) is 0 Å². The minimum absolute atomic E-state index is 0.482. The summed E-state index contributed by atoms with van der Waals surface area (Å²) in [4.78, 5) is 0. The Labute approximate surface area is 85.3 Å². The van der Waals surface area contributed by atoms with Gasteiger partial charge in [0, 0.05) is 19.7 Å². The first-order valence-corrected chi connectivity index (χ1v) is 5.10. The third-order valence-corrected chi connectivity index (χ3v) is 2.78. The molecule has 1 heterocycles. The SMILES string of the molecule is COCC1Cc2ccc(C)cc2CN1. The maximum atomic E-state index is 5.16. The zero-order valence-corrected chi connectivity index (χ0v) is 8.84. The van der Waals surface area contributed by atoms with E-state index in [-0.39, 0.29) is 0 Å². The number of fused-ring (bicyclic) bond motifs is 1. The average Bonchev–Trinajstić information content (AvgIpc) is 2.19. The molecule has 0 amide bonds. The molecule has 0 radical (unpaired) electrons. The second-order valence-corrected chi connectivity index (χ2v) is 4.01. The van der Waals surface area contributed by atoms with Gasteiger partial charge in [-0.3, -0.25) is 0 Å². The number of hydrogen-bond acceptors (Lipinski definition) is 2. The summed E-state index contributed by atoms with van der Waals surface area (Å²) >= 11 is 0. The van der Waals surface area contributed by atoms with Crippen LogP contribution in [0.2, 0.25) is 0 Å². The Morgan fingerprint density at radius 2 is 2.29 bits per heavy atom. The molecule has 0 aliphatic carbocycles. The van der Waals surface area contributed by atoms with Crippen molar-refractivity contribution in [2.45, 2.75) is 25.9 Å². The van der Waals surface area contributed by atoms with Crippen LogP contribution in [0.1, 0.15) is 16.7 Å². The van der Waals surface area contributed by atoms with Crippen LogP contribution in [0, 0.1) is 6.92 Å². The molecule has 1 aliphatic rings. The predicted octanol–water partition coefficient (Wildman–Crippen LogP) is 1.66. The molecule has 2 heteroatoms. The fourth-order valence-electron chi connectivity index (χ4n) is 2.03. The number of nitrogens with one attached hydrogen (secondary N) is 1. The van der Waals surface area contributed by atoms with Crippen molar-refractivity contribution in [2.75, 3.05) is 13.7 Å². The summed E-state index contributed by atoms with van der Waals surface area (Å²) in [7, 11) is 1.76. The van der Waals surface area contributed by atoms with E-state index >= 15 is 0 Å². The van der Waals surface area contributed by atoms with Crippen molar-refractivity contribution >= 4 is 0 Å². The Bertz CT molecular complexity index is 322. The van der Waals surface area contributed by atoms with Gasteiger partial charge in [0.1, 0.15) is 0 Å². The standard InChI is InChI=1S/C12H17NO/c1-9-3-4-10-6-12(8-14-2)13-7-11(10)5-9/h3-5,12-13H,6-8H2,1-2H3. The van der Waals surface area contributed by atoms with E-state index in [2.05, 4.69) is 30.4 Å². The van der Waals surface area contributed by atoms with Crippen molar-refractivity contribution in [1.29, 1.82) is 0 Å². The van der Waals surface area contributed by atoms with Crippen LogP contribution in [-0.2, 0) is 17.7 Å². The van der Waals surface area contributed by atoms with E-state index < -0.39 is 0 Å². The van der Waals surface area contributed by atoms with Gasteiger partial charge in [0.2, 0.25) is 0 Å². The lowest BCUT2D eigenvalue weighted by molar-refractivity contribution is 0.162. The van der Waals surface area contributed by atoms with Gasteiger partial charge in [0.25, 0.3) is 0 Å². The summed E-state index contributed by atoms with van der Waals surface area (Å²) in [5.41, 5.74) is 4.25. The van der Waals surface area contributed by atoms with Crippen LogP contribution in [0.4, 0.5) is 0 Å². The molecule has 2 nitrogen and oxygen atoms in total. The largest absolute Gasteiger partial charge is 0.383 e. The maximum absolute atomic E-state index is 5.16. The molecular formula is C12H17NO. The summed E-state index contributed by atoms with van der Waals surface area (Å²) in [5, 5.41) is 3.48. The second kappa shape index (κ2) is 4.11. The molecule has 76 valence electrons. The lowest BCUT2D eigenvalue weighted by Crippen LogP contribution is -2.38. The van der Waals surface area contributed by atoms with Gasteiger partial charge in [-0.15, -0.1) is 0 Å². The predicted molar refractivity (Wildman–Crippen MR) is 57.4 cm³/mol.